The minimum Gasteiger partial charge on any atom is -0.480 e. The number of benzene rings is 1. The second kappa shape index (κ2) is 5.49. The number of para-hydroxylation sites is 1. The second-order valence-electron chi connectivity index (χ2n) is 4.93. The molecule has 1 aromatic carbocycles. The van der Waals surface area contributed by atoms with Crippen LogP contribution in [0.2, 0.25) is 0 Å². The lowest BCUT2D eigenvalue weighted by Gasteiger charge is -2.21. The van der Waals surface area contributed by atoms with Crippen LogP contribution in [-0.2, 0) is 4.79 Å². The van der Waals surface area contributed by atoms with Crippen molar-refractivity contribution >= 4 is 17.6 Å². The van der Waals surface area contributed by atoms with Gasteiger partial charge < -0.3 is 15.1 Å². The molecule has 1 aliphatic heterocycles. The first-order valence-electron chi connectivity index (χ1n) is 6.28. The molecule has 8 nitrogen and oxygen atoms in total. The highest BCUT2D eigenvalue weighted by Gasteiger charge is 2.41. The Hall–Kier alpha value is -2.48. The lowest BCUT2D eigenvalue weighted by atomic mass is 10.1. The van der Waals surface area contributed by atoms with Gasteiger partial charge in [0.15, 0.2) is 0 Å². The van der Waals surface area contributed by atoms with E-state index in [1.54, 1.807) is 0 Å². The molecule has 0 saturated carbocycles. The van der Waals surface area contributed by atoms with E-state index in [0.29, 0.717) is 5.56 Å². The monoisotopic (exact) mass is 294 g/mol. The van der Waals surface area contributed by atoms with Crippen molar-refractivity contribution in [3.8, 4) is 0 Å². The fourth-order valence-electron chi connectivity index (χ4n) is 2.50. The summed E-state index contributed by atoms with van der Waals surface area (Å²) in [5.41, 5.74) is -0.189. The number of rotatable bonds is 3. The predicted molar refractivity (Wildman–Crippen MR) is 70.9 cm³/mol. The molecular formula is C13H14N2O6. The van der Waals surface area contributed by atoms with Gasteiger partial charge in [-0.25, -0.2) is 4.79 Å². The summed E-state index contributed by atoms with van der Waals surface area (Å²) in [4.78, 5) is 35.0. The van der Waals surface area contributed by atoms with Gasteiger partial charge in [-0.15, -0.1) is 0 Å². The van der Waals surface area contributed by atoms with Gasteiger partial charge in [0, 0.05) is 18.5 Å². The first-order valence-corrected chi connectivity index (χ1v) is 6.28. The molecule has 1 amide bonds. The number of aliphatic hydroxyl groups excluding tert-OH is 1. The van der Waals surface area contributed by atoms with Gasteiger partial charge >= 0.3 is 5.97 Å². The highest BCUT2D eigenvalue weighted by atomic mass is 16.6. The Morgan fingerprint density at radius 2 is 2.10 bits per heavy atom. The smallest absolute Gasteiger partial charge is 0.326 e. The minimum absolute atomic E-state index is 0.0827. The number of β-amino-alcohol motifs (C(OH)–C–C–N with tert-alkyl or cyclic N) is 1. The van der Waals surface area contributed by atoms with Crippen LogP contribution in [0.5, 0.6) is 0 Å². The number of carboxylic acids is 1. The largest absolute Gasteiger partial charge is 0.480 e. The molecule has 21 heavy (non-hydrogen) atoms. The molecule has 0 aliphatic carbocycles. The van der Waals surface area contributed by atoms with Crippen molar-refractivity contribution in [1.29, 1.82) is 0 Å². The average Bonchev–Trinajstić information content (AvgIpc) is 2.79. The van der Waals surface area contributed by atoms with E-state index in [-0.39, 0.29) is 24.2 Å². The normalized spacial score (nSPS) is 21.3. The van der Waals surface area contributed by atoms with E-state index in [1.165, 1.54) is 25.1 Å². The Bertz CT molecular complexity index is 615. The summed E-state index contributed by atoms with van der Waals surface area (Å²) in [5.74, 6) is -2.00. The van der Waals surface area contributed by atoms with Gasteiger partial charge in [-0.2, -0.15) is 0 Å². The number of nitro groups is 1. The van der Waals surface area contributed by atoms with Crippen LogP contribution in [0.1, 0.15) is 22.3 Å². The molecule has 0 bridgehead atoms. The van der Waals surface area contributed by atoms with E-state index >= 15 is 0 Å². The standard InChI is InChI=1S/C13H14N2O6/c1-7-3-2-4-9(11(7)15(20)21)12(17)14-6-8(16)5-10(14)13(18)19/h2-4,8,10,16H,5-6H2,1H3,(H,18,19)/t8-,10+/m1/s1. The number of hydrogen-bond donors (Lipinski definition) is 2. The summed E-state index contributed by atoms with van der Waals surface area (Å²) in [6.07, 6.45) is -1.03. The predicted octanol–water partition coefficient (Wildman–Crippen LogP) is 0.563. The van der Waals surface area contributed by atoms with Crippen LogP contribution >= 0.6 is 0 Å². The zero-order chi connectivity index (χ0) is 15.7. The van der Waals surface area contributed by atoms with Crippen molar-refractivity contribution in [2.45, 2.75) is 25.5 Å². The molecule has 2 rings (SSSR count). The molecule has 112 valence electrons. The number of aliphatic carboxylic acids is 1. The zero-order valence-electron chi connectivity index (χ0n) is 11.2. The molecule has 0 aromatic heterocycles. The van der Waals surface area contributed by atoms with Gasteiger partial charge in [-0.3, -0.25) is 14.9 Å². The van der Waals surface area contributed by atoms with E-state index in [1.807, 2.05) is 0 Å². The molecule has 2 N–H and O–H groups in total. The fourth-order valence-corrected chi connectivity index (χ4v) is 2.50. The lowest BCUT2D eigenvalue weighted by Crippen LogP contribution is -2.40. The molecule has 1 aliphatic rings. The Kier molecular flexibility index (Phi) is 3.90. The number of carbonyl (C=O) groups excluding carboxylic acids is 1. The molecule has 1 saturated heterocycles. The maximum Gasteiger partial charge on any atom is 0.326 e. The maximum absolute atomic E-state index is 12.4. The summed E-state index contributed by atoms with van der Waals surface area (Å²) in [7, 11) is 0. The molecule has 0 spiro atoms. The third-order valence-electron chi connectivity index (χ3n) is 3.48. The van der Waals surface area contributed by atoms with Crippen LogP contribution in [0.4, 0.5) is 5.69 Å². The molecule has 1 aromatic rings. The zero-order valence-corrected chi connectivity index (χ0v) is 11.2. The number of nitrogens with zero attached hydrogens (tertiary/aromatic N) is 2. The summed E-state index contributed by atoms with van der Waals surface area (Å²) in [6, 6.07) is 3.12. The van der Waals surface area contributed by atoms with Crippen LogP contribution in [0.3, 0.4) is 0 Å². The van der Waals surface area contributed by atoms with Crippen LogP contribution in [0.15, 0.2) is 18.2 Å². The van der Waals surface area contributed by atoms with Gasteiger partial charge in [0.25, 0.3) is 11.6 Å². The molecular weight excluding hydrogens is 280 g/mol. The van der Waals surface area contributed by atoms with Crippen LogP contribution in [0.25, 0.3) is 0 Å². The molecule has 8 heteroatoms. The number of aliphatic hydroxyl groups is 1. The fraction of sp³-hybridized carbons (Fsp3) is 0.385. The van der Waals surface area contributed by atoms with E-state index < -0.39 is 28.9 Å². The number of nitro benzene ring substituents is 1. The van der Waals surface area contributed by atoms with E-state index in [0.717, 1.165) is 4.90 Å². The number of likely N-dealkylation sites (tertiary alicyclic amines) is 1. The maximum atomic E-state index is 12.4. The van der Waals surface area contributed by atoms with Crippen molar-refractivity contribution in [1.82, 2.24) is 4.90 Å². The van der Waals surface area contributed by atoms with Crippen molar-refractivity contribution in [2.24, 2.45) is 0 Å². The molecule has 0 unspecified atom stereocenters. The first kappa shape index (κ1) is 14.9. The summed E-state index contributed by atoms with van der Waals surface area (Å²) in [6.45, 7) is 1.35. The summed E-state index contributed by atoms with van der Waals surface area (Å²) >= 11 is 0. The van der Waals surface area contributed by atoms with Crippen LogP contribution < -0.4 is 0 Å². The highest BCUT2D eigenvalue weighted by molar-refractivity contribution is 6.00. The second-order valence-corrected chi connectivity index (χ2v) is 4.93. The van der Waals surface area contributed by atoms with Crippen molar-refractivity contribution in [3.05, 3.63) is 39.4 Å². The van der Waals surface area contributed by atoms with E-state index in [9.17, 15) is 24.8 Å². The first-order chi connectivity index (χ1) is 9.82. The van der Waals surface area contributed by atoms with Crippen molar-refractivity contribution in [3.63, 3.8) is 0 Å². The Labute approximate surface area is 119 Å². The molecule has 0 radical (unpaired) electrons. The topological polar surface area (TPSA) is 121 Å². The number of aryl methyl sites for hydroxylation is 1. The Balaban J connectivity index is 2.43. The van der Waals surface area contributed by atoms with Gasteiger partial charge in [-0.1, -0.05) is 12.1 Å². The van der Waals surface area contributed by atoms with Gasteiger partial charge in [-0.05, 0) is 13.0 Å². The number of amides is 1. The SMILES string of the molecule is Cc1cccc(C(=O)N2C[C@H](O)C[C@H]2C(=O)O)c1[N+](=O)[O-]. The summed E-state index contributed by atoms with van der Waals surface area (Å²) in [5, 5.41) is 29.8. The molecule has 1 heterocycles. The van der Waals surface area contributed by atoms with Crippen molar-refractivity contribution in [2.75, 3.05) is 6.54 Å². The van der Waals surface area contributed by atoms with Crippen LogP contribution in [-0.4, -0.2) is 50.6 Å². The quantitative estimate of drug-likeness (QED) is 0.620. The third kappa shape index (κ3) is 2.70. The highest BCUT2D eigenvalue weighted by Crippen LogP contribution is 2.27. The lowest BCUT2D eigenvalue weighted by molar-refractivity contribution is -0.385. The van der Waals surface area contributed by atoms with Gasteiger partial charge in [0.2, 0.25) is 0 Å². The Morgan fingerprint density at radius 1 is 1.43 bits per heavy atom. The van der Waals surface area contributed by atoms with E-state index in [4.69, 9.17) is 5.11 Å². The Morgan fingerprint density at radius 3 is 2.67 bits per heavy atom. The third-order valence-corrected chi connectivity index (χ3v) is 3.48. The van der Waals surface area contributed by atoms with Crippen LogP contribution in [0, 0.1) is 17.0 Å². The summed E-state index contributed by atoms with van der Waals surface area (Å²) < 4.78 is 0. The van der Waals surface area contributed by atoms with Gasteiger partial charge in [0.1, 0.15) is 11.6 Å². The average molecular weight is 294 g/mol. The van der Waals surface area contributed by atoms with Crippen molar-refractivity contribution < 1.29 is 24.7 Å². The molecule has 2 atom stereocenters. The number of carbonyl (C=O) groups is 2. The van der Waals surface area contributed by atoms with Gasteiger partial charge in [0.05, 0.1) is 11.0 Å². The molecule has 1 fully saturated rings. The minimum atomic E-state index is -1.24. The number of hydrogen-bond acceptors (Lipinski definition) is 5. The number of carboxylic acid groups (broad SMARTS) is 1. The van der Waals surface area contributed by atoms with E-state index in [2.05, 4.69) is 0 Å².